The van der Waals surface area contributed by atoms with Gasteiger partial charge in [0.2, 0.25) is 0 Å². The highest BCUT2D eigenvalue weighted by molar-refractivity contribution is 6.21. The minimum atomic E-state index is 0.113. The quantitative estimate of drug-likeness (QED) is 0.725. The molecule has 0 bridgehead atoms. The van der Waals surface area contributed by atoms with Crippen LogP contribution in [0.5, 0.6) is 0 Å². The molecule has 1 aromatic rings. The number of halogens is 1. The molecular weight excluding hydrogens is 244 g/mol. The molecule has 18 heavy (non-hydrogen) atoms. The van der Waals surface area contributed by atoms with Gasteiger partial charge in [-0.15, -0.1) is 11.6 Å². The lowest BCUT2D eigenvalue weighted by Crippen LogP contribution is -2.10. The van der Waals surface area contributed by atoms with Gasteiger partial charge >= 0.3 is 0 Å². The van der Waals surface area contributed by atoms with E-state index in [0.717, 1.165) is 13.0 Å². The van der Waals surface area contributed by atoms with E-state index in [9.17, 15) is 0 Å². The molecule has 0 radical (unpaired) electrons. The second-order valence-electron chi connectivity index (χ2n) is 5.78. The lowest BCUT2D eigenvalue weighted by molar-refractivity contribution is 0.120. The van der Waals surface area contributed by atoms with Crippen LogP contribution >= 0.6 is 11.6 Å². The van der Waals surface area contributed by atoms with Crippen molar-refractivity contribution >= 4 is 11.6 Å². The minimum absolute atomic E-state index is 0.113. The highest BCUT2D eigenvalue weighted by atomic mass is 35.5. The second-order valence-corrected chi connectivity index (χ2v) is 6.25. The van der Waals surface area contributed by atoms with Gasteiger partial charge in [-0.25, -0.2) is 0 Å². The Hall–Kier alpha value is -0.530. The first-order valence-corrected chi connectivity index (χ1v) is 7.55. The van der Waals surface area contributed by atoms with Crippen LogP contribution in [0.15, 0.2) is 18.2 Å². The number of fused-ring (bicyclic) bond motifs is 1. The maximum absolute atomic E-state index is 6.64. The fourth-order valence-corrected chi connectivity index (χ4v) is 3.56. The first-order valence-electron chi connectivity index (χ1n) is 7.11. The van der Waals surface area contributed by atoms with Crippen molar-refractivity contribution in [3.05, 3.63) is 34.9 Å². The molecule has 1 aliphatic heterocycles. The molecule has 0 spiro atoms. The fraction of sp³-hybridized carbons (Fsp3) is 0.625. The van der Waals surface area contributed by atoms with Crippen LogP contribution in [0.3, 0.4) is 0 Å². The van der Waals surface area contributed by atoms with E-state index in [1.807, 2.05) is 0 Å². The van der Waals surface area contributed by atoms with Crippen molar-refractivity contribution in [1.29, 1.82) is 0 Å². The molecule has 0 saturated carbocycles. The fourth-order valence-electron chi connectivity index (χ4n) is 3.25. The van der Waals surface area contributed by atoms with Crippen LogP contribution in [0, 0.1) is 5.92 Å². The number of hydrogen-bond acceptors (Lipinski definition) is 1. The van der Waals surface area contributed by atoms with E-state index in [1.165, 1.54) is 42.4 Å². The summed E-state index contributed by atoms with van der Waals surface area (Å²) < 4.78 is 5.64. The van der Waals surface area contributed by atoms with Gasteiger partial charge in [-0.1, -0.05) is 18.2 Å². The van der Waals surface area contributed by atoms with E-state index in [4.69, 9.17) is 16.3 Å². The smallest absolute Gasteiger partial charge is 0.0636 e. The molecule has 98 valence electrons. The highest BCUT2D eigenvalue weighted by Crippen LogP contribution is 2.37. The standard InChI is InChI=1S/C16H21ClO/c1-11-8-15(10-18-11)16(17)14-7-6-12-4-2-3-5-13(12)9-14/h6-7,9,11,15-16H,2-5,8,10H2,1H3. The maximum atomic E-state index is 6.64. The third-order valence-corrected chi connectivity index (χ3v) is 4.94. The lowest BCUT2D eigenvalue weighted by atomic mass is 9.88. The van der Waals surface area contributed by atoms with Gasteiger partial charge in [-0.2, -0.15) is 0 Å². The molecule has 1 nitrogen and oxygen atoms in total. The normalized spacial score (nSPS) is 29.0. The summed E-state index contributed by atoms with van der Waals surface area (Å²) in [5.74, 6) is 0.475. The van der Waals surface area contributed by atoms with E-state index in [-0.39, 0.29) is 5.38 Å². The molecule has 1 aromatic carbocycles. The summed E-state index contributed by atoms with van der Waals surface area (Å²) in [7, 11) is 0. The lowest BCUT2D eigenvalue weighted by Gasteiger charge is -2.20. The number of rotatable bonds is 2. The van der Waals surface area contributed by atoms with Crippen molar-refractivity contribution in [3.8, 4) is 0 Å². The molecule has 1 heterocycles. The van der Waals surface area contributed by atoms with Crippen LogP contribution in [-0.2, 0) is 17.6 Å². The summed E-state index contributed by atoms with van der Waals surface area (Å²) in [6.45, 7) is 2.95. The first kappa shape index (κ1) is 12.5. The molecule has 3 unspecified atom stereocenters. The molecule has 2 heteroatoms. The SMILES string of the molecule is CC1CC(C(Cl)c2ccc3c(c2)CCCC3)CO1. The van der Waals surface area contributed by atoms with Crippen LogP contribution in [0.4, 0.5) is 0 Å². The Morgan fingerprint density at radius 3 is 2.72 bits per heavy atom. The monoisotopic (exact) mass is 264 g/mol. The van der Waals surface area contributed by atoms with Gasteiger partial charge in [0.25, 0.3) is 0 Å². The van der Waals surface area contributed by atoms with Crippen molar-refractivity contribution in [2.45, 2.75) is 50.5 Å². The zero-order chi connectivity index (χ0) is 12.5. The molecule has 3 rings (SSSR count). The van der Waals surface area contributed by atoms with Gasteiger partial charge < -0.3 is 4.74 Å². The van der Waals surface area contributed by atoms with E-state index in [2.05, 4.69) is 25.1 Å². The van der Waals surface area contributed by atoms with Crippen LogP contribution < -0.4 is 0 Å². The third kappa shape index (κ3) is 2.44. The average molecular weight is 265 g/mol. The van der Waals surface area contributed by atoms with Crippen molar-refractivity contribution in [1.82, 2.24) is 0 Å². The Labute approximate surface area is 114 Å². The van der Waals surface area contributed by atoms with E-state index in [0.29, 0.717) is 12.0 Å². The van der Waals surface area contributed by atoms with Crippen molar-refractivity contribution in [2.24, 2.45) is 5.92 Å². The van der Waals surface area contributed by atoms with Gasteiger partial charge in [-0.05, 0) is 55.7 Å². The average Bonchev–Trinajstić information content (AvgIpc) is 2.84. The Kier molecular flexibility index (Phi) is 3.63. The largest absolute Gasteiger partial charge is 0.378 e. The van der Waals surface area contributed by atoms with Crippen LogP contribution in [0.25, 0.3) is 0 Å². The number of aryl methyl sites for hydroxylation is 2. The van der Waals surface area contributed by atoms with E-state index >= 15 is 0 Å². The predicted octanol–water partition coefficient (Wildman–Crippen LogP) is 4.27. The molecule has 0 aromatic heterocycles. The minimum Gasteiger partial charge on any atom is -0.378 e. The van der Waals surface area contributed by atoms with Gasteiger partial charge in [0.05, 0.1) is 18.1 Å². The highest BCUT2D eigenvalue weighted by Gasteiger charge is 2.29. The summed E-state index contributed by atoms with van der Waals surface area (Å²) in [4.78, 5) is 0. The molecular formula is C16H21ClO. The Morgan fingerprint density at radius 1 is 1.22 bits per heavy atom. The molecule has 0 amide bonds. The van der Waals surface area contributed by atoms with E-state index < -0.39 is 0 Å². The first-order chi connectivity index (χ1) is 8.74. The molecule has 1 aliphatic carbocycles. The topological polar surface area (TPSA) is 9.23 Å². The predicted molar refractivity (Wildman–Crippen MR) is 75.2 cm³/mol. The van der Waals surface area contributed by atoms with Gasteiger partial charge in [0.1, 0.15) is 0 Å². The Bertz CT molecular complexity index is 429. The number of alkyl halides is 1. The molecule has 2 aliphatic rings. The summed E-state index contributed by atoms with van der Waals surface area (Å²) >= 11 is 6.64. The molecule has 3 atom stereocenters. The summed E-state index contributed by atoms with van der Waals surface area (Å²) in [6, 6.07) is 6.86. The van der Waals surface area contributed by atoms with E-state index in [1.54, 1.807) is 0 Å². The number of benzene rings is 1. The molecule has 1 saturated heterocycles. The molecule has 0 N–H and O–H groups in total. The number of ether oxygens (including phenoxy) is 1. The Morgan fingerprint density at radius 2 is 2.00 bits per heavy atom. The zero-order valence-corrected chi connectivity index (χ0v) is 11.7. The van der Waals surface area contributed by atoms with Crippen LogP contribution in [0.1, 0.15) is 48.3 Å². The summed E-state index contributed by atoms with van der Waals surface area (Å²) in [5, 5.41) is 0.113. The van der Waals surface area contributed by atoms with Crippen molar-refractivity contribution in [3.63, 3.8) is 0 Å². The van der Waals surface area contributed by atoms with Crippen LogP contribution in [0.2, 0.25) is 0 Å². The van der Waals surface area contributed by atoms with Gasteiger partial charge in [0, 0.05) is 5.92 Å². The second kappa shape index (κ2) is 5.22. The molecule has 1 fully saturated rings. The van der Waals surface area contributed by atoms with Crippen LogP contribution in [-0.4, -0.2) is 12.7 Å². The number of hydrogen-bond donors (Lipinski definition) is 0. The third-order valence-electron chi connectivity index (χ3n) is 4.33. The maximum Gasteiger partial charge on any atom is 0.0636 e. The van der Waals surface area contributed by atoms with Crippen molar-refractivity contribution < 1.29 is 4.74 Å². The Balaban J connectivity index is 1.79. The zero-order valence-electron chi connectivity index (χ0n) is 11.0. The van der Waals surface area contributed by atoms with Crippen molar-refractivity contribution in [2.75, 3.05) is 6.61 Å². The van der Waals surface area contributed by atoms with Gasteiger partial charge in [-0.3, -0.25) is 0 Å². The summed E-state index contributed by atoms with van der Waals surface area (Å²) in [6.07, 6.45) is 6.59. The summed E-state index contributed by atoms with van der Waals surface area (Å²) in [5.41, 5.74) is 4.35. The van der Waals surface area contributed by atoms with Gasteiger partial charge in [0.15, 0.2) is 0 Å².